The van der Waals surface area contributed by atoms with E-state index in [0.717, 1.165) is 0 Å². The van der Waals surface area contributed by atoms with Gasteiger partial charge in [0.05, 0.1) is 11.7 Å². The Bertz CT molecular complexity index is 134. The van der Waals surface area contributed by atoms with Crippen LogP contribution in [0, 0.1) is 12.8 Å². The van der Waals surface area contributed by atoms with Gasteiger partial charge in [-0.3, -0.25) is 0 Å². The van der Waals surface area contributed by atoms with E-state index in [9.17, 15) is 0 Å². The van der Waals surface area contributed by atoms with Gasteiger partial charge in [0.25, 0.3) is 0 Å². The van der Waals surface area contributed by atoms with Crippen LogP contribution in [-0.2, 0) is 4.74 Å². The second-order valence-electron chi connectivity index (χ2n) is 4.81. The summed E-state index contributed by atoms with van der Waals surface area (Å²) in [7, 11) is 0. The van der Waals surface area contributed by atoms with Crippen molar-refractivity contribution in [3.8, 4) is 0 Å². The second kappa shape index (κ2) is 3.78. The molecule has 0 aromatic heterocycles. The summed E-state index contributed by atoms with van der Waals surface area (Å²) < 4.78 is 5.93. The largest absolute Gasteiger partial charge is 0.372 e. The molecule has 1 saturated carbocycles. The molecule has 0 heterocycles. The van der Waals surface area contributed by atoms with Gasteiger partial charge in [-0.05, 0) is 46.5 Å². The van der Waals surface area contributed by atoms with Crippen LogP contribution < -0.4 is 0 Å². The quantitative estimate of drug-likeness (QED) is 0.585. The zero-order valence-electron chi connectivity index (χ0n) is 8.60. The van der Waals surface area contributed by atoms with Crippen LogP contribution >= 0.6 is 0 Å². The van der Waals surface area contributed by atoms with E-state index < -0.39 is 0 Å². The SMILES string of the molecule is [CH2]C1CCCCC1OC(C)(C)C. The van der Waals surface area contributed by atoms with Crippen molar-refractivity contribution in [2.75, 3.05) is 0 Å². The van der Waals surface area contributed by atoms with E-state index in [2.05, 4.69) is 27.7 Å². The van der Waals surface area contributed by atoms with Gasteiger partial charge in [0, 0.05) is 0 Å². The van der Waals surface area contributed by atoms with E-state index in [1.807, 2.05) is 0 Å². The van der Waals surface area contributed by atoms with E-state index in [0.29, 0.717) is 12.0 Å². The van der Waals surface area contributed by atoms with Crippen molar-refractivity contribution >= 4 is 0 Å². The Morgan fingerprint density at radius 3 is 2.25 bits per heavy atom. The van der Waals surface area contributed by atoms with Crippen molar-refractivity contribution in [1.29, 1.82) is 0 Å². The van der Waals surface area contributed by atoms with E-state index in [1.165, 1.54) is 25.7 Å². The molecule has 0 spiro atoms. The standard InChI is InChI=1S/C11H21O/c1-9-7-5-6-8-10(9)12-11(2,3)4/h9-10H,1,5-8H2,2-4H3. The fraction of sp³-hybridized carbons (Fsp3) is 0.909. The van der Waals surface area contributed by atoms with Crippen LogP contribution in [0.1, 0.15) is 46.5 Å². The van der Waals surface area contributed by atoms with Crippen molar-refractivity contribution in [1.82, 2.24) is 0 Å². The third-order valence-corrected chi connectivity index (χ3v) is 2.34. The summed E-state index contributed by atoms with van der Waals surface area (Å²) in [5.74, 6) is 0.512. The van der Waals surface area contributed by atoms with E-state index in [4.69, 9.17) is 4.74 Å². The summed E-state index contributed by atoms with van der Waals surface area (Å²) in [6.07, 6.45) is 5.48. The minimum Gasteiger partial charge on any atom is -0.372 e. The first kappa shape index (κ1) is 10.0. The van der Waals surface area contributed by atoms with Gasteiger partial charge in [-0.15, -0.1) is 0 Å². The maximum absolute atomic E-state index is 5.93. The highest BCUT2D eigenvalue weighted by atomic mass is 16.5. The summed E-state index contributed by atoms with van der Waals surface area (Å²) in [6.45, 7) is 10.5. The monoisotopic (exact) mass is 169 g/mol. The lowest BCUT2D eigenvalue weighted by Gasteiger charge is -2.34. The third kappa shape index (κ3) is 3.14. The summed E-state index contributed by atoms with van der Waals surface area (Å²) >= 11 is 0. The summed E-state index contributed by atoms with van der Waals surface area (Å²) in [5.41, 5.74) is -0.00204. The van der Waals surface area contributed by atoms with Crippen molar-refractivity contribution in [3.05, 3.63) is 6.92 Å². The molecule has 1 nitrogen and oxygen atoms in total. The molecule has 71 valence electrons. The normalized spacial score (nSPS) is 32.0. The van der Waals surface area contributed by atoms with Crippen LogP contribution in [0.3, 0.4) is 0 Å². The lowest BCUT2D eigenvalue weighted by Crippen LogP contribution is -2.33. The first-order valence-electron chi connectivity index (χ1n) is 5.00. The number of hydrogen-bond acceptors (Lipinski definition) is 1. The highest BCUT2D eigenvalue weighted by Gasteiger charge is 2.26. The van der Waals surface area contributed by atoms with Gasteiger partial charge >= 0.3 is 0 Å². The van der Waals surface area contributed by atoms with Crippen molar-refractivity contribution in [2.45, 2.75) is 58.2 Å². The van der Waals surface area contributed by atoms with Gasteiger partial charge < -0.3 is 4.74 Å². The lowest BCUT2D eigenvalue weighted by molar-refractivity contribution is -0.0897. The topological polar surface area (TPSA) is 9.23 Å². The van der Waals surface area contributed by atoms with Gasteiger partial charge in [-0.25, -0.2) is 0 Å². The molecule has 1 rings (SSSR count). The zero-order chi connectivity index (χ0) is 9.19. The number of rotatable bonds is 1. The molecule has 0 amide bonds. The summed E-state index contributed by atoms with van der Waals surface area (Å²) in [5, 5.41) is 0. The Morgan fingerprint density at radius 2 is 1.75 bits per heavy atom. The molecule has 0 saturated heterocycles. The molecule has 0 bridgehead atoms. The predicted molar refractivity (Wildman–Crippen MR) is 51.9 cm³/mol. The smallest absolute Gasteiger partial charge is 0.0610 e. The maximum Gasteiger partial charge on any atom is 0.0610 e. The molecule has 1 heteroatoms. The average Bonchev–Trinajstić information content (AvgIpc) is 1.91. The predicted octanol–water partition coefficient (Wildman–Crippen LogP) is 3.19. The number of hydrogen-bond donors (Lipinski definition) is 0. The van der Waals surface area contributed by atoms with Crippen LogP contribution in [-0.4, -0.2) is 11.7 Å². The Hall–Kier alpha value is -0.0400. The summed E-state index contributed by atoms with van der Waals surface area (Å²) in [6, 6.07) is 0. The molecule has 0 N–H and O–H groups in total. The van der Waals surface area contributed by atoms with E-state index >= 15 is 0 Å². The highest BCUT2D eigenvalue weighted by molar-refractivity contribution is 4.79. The molecule has 0 aliphatic heterocycles. The number of ether oxygens (including phenoxy) is 1. The average molecular weight is 169 g/mol. The molecule has 2 unspecified atom stereocenters. The van der Waals surface area contributed by atoms with Crippen LogP contribution in [0.15, 0.2) is 0 Å². The minimum atomic E-state index is -0.00204. The minimum absolute atomic E-state index is 0.00204. The van der Waals surface area contributed by atoms with Crippen LogP contribution in [0.25, 0.3) is 0 Å². The fourth-order valence-electron chi connectivity index (χ4n) is 1.78. The van der Waals surface area contributed by atoms with Crippen LogP contribution in [0.4, 0.5) is 0 Å². The molecular weight excluding hydrogens is 148 g/mol. The van der Waals surface area contributed by atoms with Gasteiger partial charge in [-0.1, -0.05) is 12.8 Å². The highest BCUT2D eigenvalue weighted by Crippen LogP contribution is 2.28. The van der Waals surface area contributed by atoms with Crippen LogP contribution in [0.5, 0.6) is 0 Å². The van der Waals surface area contributed by atoms with Crippen molar-refractivity contribution in [3.63, 3.8) is 0 Å². The molecule has 1 aliphatic carbocycles. The van der Waals surface area contributed by atoms with Gasteiger partial charge in [0.15, 0.2) is 0 Å². The Kier molecular flexibility index (Phi) is 3.16. The zero-order valence-corrected chi connectivity index (χ0v) is 8.60. The molecule has 1 fully saturated rings. The molecule has 2 atom stereocenters. The van der Waals surface area contributed by atoms with E-state index in [1.54, 1.807) is 0 Å². The third-order valence-electron chi connectivity index (χ3n) is 2.34. The fourth-order valence-corrected chi connectivity index (χ4v) is 1.78. The molecule has 0 aromatic rings. The molecular formula is C11H21O. The molecule has 0 aromatic carbocycles. The molecule has 1 radical (unpaired) electrons. The van der Waals surface area contributed by atoms with E-state index in [-0.39, 0.29) is 5.60 Å². The maximum atomic E-state index is 5.93. The van der Waals surface area contributed by atoms with Crippen molar-refractivity contribution in [2.24, 2.45) is 5.92 Å². The van der Waals surface area contributed by atoms with Crippen molar-refractivity contribution < 1.29 is 4.74 Å². The van der Waals surface area contributed by atoms with Gasteiger partial charge in [0.2, 0.25) is 0 Å². The first-order chi connectivity index (χ1) is 5.49. The molecule has 1 aliphatic rings. The van der Waals surface area contributed by atoms with Gasteiger partial charge in [-0.2, -0.15) is 0 Å². The van der Waals surface area contributed by atoms with Gasteiger partial charge in [0.1, 0.15) is 0 Å². The Labute approximate surface area is 76.5 Å². The Morgan fingerprint density at radius 1 is 1.17 bits per heavy atom. The second-order valence-corrected chi connectivity index (χ2v) is 4.81. The summed E-state index contributed by atoms with van der Waals surface area (Å²) in [4.78, 5) is 0. The Balaban J connectivity index is 2.39. The molecule has 12 heavy (non-hydrogen) atoms. The lowest BCUT2D eigenvalue weighted by atomic mass is 9.87. The van der Waals surface area contributed by atoms with Crippen LogP contribution in [0.2, 0.25) is 0 Å². The first-order valence-corrected chi connectivity index (χ1v) is 5.00.